The molecule has 3 heteroatoms. The molecule has 1 heterocycles. The van der Waals surface area contributed by atoms with E-state index in [1.807, 2.05) is 0 Å². The summed E-state index contributed by atoms with van der Waals surface area (Å²) in [5, 5.41) is 8.22. The first kappa shape index (κ1) is 12.8. The number of hydrogen-bond donors (Lipinski definition) is 1. The van der Waals surface area contributed by atoms with Gasteiger partial charge in [-0.05, 0) is 16.5 Å². The lowest BCUT2D eigenvalue weighted by atomic mass is 9.85. The van der Waals surface area contributed by atoms with Crippen LogP contribution in [0.4, 0.5) is 0 Å². The summed E-state index contributed by atoms with van der Waals surface area (Å²) >= 11 is 0. The number of hydrogen-bond acceptors (Lipinski definition) is 3. The summed E-state index contributed by atoms with van der Waals surface area (Å²) in [7, 11) is 0. The third-order valence-corrected chi connectivity index (χ3v) is 3.31. The Hall–Kier alpha value is -1.64. The van der Waals surface area contributed by atoms with Gasteiger partial charge in [0.25, 0.3) is 0 Å². The molecule has 18 heavy (non-hydrogen) atoms. The predicted octanol–water partition coefficient (Wildman–Crippen LogP) is 3.09. The molecule has 1 aromatic carbocycles. The van der Waals surface area contributed by atoms with Gasteiger partial charge in [-0.2, -0.15) is 5.10 Å². The molecule has 1 aliphatic rings. The minimum Gasteiger partial charge on any atom is -0.386 e. The van der Waals surface area contributed by atoms with Crippen molar-refractivity contribution in [2.24, 2.45) is 21.9 Å². The van der Waals surface area contributed by atoms with Gasteiger partial charge in [-0.3, -0.25) is 0 Å². The van der Waals surface area contributed by atoms with Crippen LogP contribution in [0.15, 0.2) is 34.5 Å². The molecule has 0 radical (unpaired) electrons. The Morgan fingerprint density at radius 3 is 2.22 bits per heavy atom. The average Bonchev–Trinajstić information content (AvgIpc) is 2.28. The van der Waals surface area contributed by atoms with Gasteiger partial charge in [0.1, 0.15) is 5.84 Å². The van der Waals surface area contributed by atoms with Gasteiger partial charge in [-0.25, -0.2) is 0 Å². The average molecular weight is 243 g/mol. The second-order valence-corrected chi connectivity index (χ2v) is 6.01. The van der Waals surface area contributed by atoms with Gasteiger partial charge in [0.15, 0.2) is 0 Å². The maximum atomic E-state index is 5.69. The molecule has 2 rings (SSSR count). The minimum absolute atomic E-state index is 0.182. The van der Waals surface area contributed by atoms with Gasteiger partial charge in [-0.1, -0.05) is 52.0 Å². The van der Waals surface area contributed by atoms with Crippen LogP contribution in [0.1, 0.15) is 45.2 Å². The zero-order valence-corrected chi connectivity index (χ0v) is 11.6. The van der Waals surface area contributed by atoms with Gasteiger partial charge in [0, 0.05) is 12.3 Å². The zero-order valence-electron chi connectivity index (χ0n) is 11.6. The van der Waals surface area contributed by atoms with E-state index in [2.05, 4.69) is 62.2 Å². The van der Waals surface area contributed by atoms with E-state index in [1.165, 1.54) is 5.56 Å². The number of benzene rings is 1. The summed E-state index contributed by atoms with van der Waals surface area (Å²) in [4.78, 5) is 0. The molecule has 1 aliphatic heterocycles. The normalized spacial score (nSPS) is 20.3. The maximum absolute atomic E-state index is 5.69. The van der Waals surface area contributed by atoms with E-state index in [0.717, 1.165) is 17.7 Å². The topological polar surface area (TPSA) is 50.7 Å². The van der Waals surface area contributed by atoms with Gasteiger partial charge in [0.2, 0.25) is 0 Å². The molecule has 2 N–H and O–H groups in total. The van der Waals surface area contributed by atoms with Crippen LogP contribution in [0.3, 0.4) is 0 Å². The van der Waals surface area contributed by atoms with E-state index < -0.39 is 0 Å². The molecule has 1 aromatic rings. The number of nitrogens with zero attached hydrogens (tertiary/aromatic N) is 2. The van der Waals surface area contributed by atoms with E-state index in [0.29, 0.717) is 11.8 Å². The third kappa shape index (κ3) is 2.61. The highest BCUT2D eigenvalue weighted by atomic mass is 15.2. The molecule has 0 amide bonds. The monoisotopic (exact) mass is 243 g/mol. The first-order valence-electron chi connectivity index (χ1n) is 6.39. The van der Waals surface area contributed by atoms with Crippen molar-refractivity contribution in [1.82, 2.24) is 0 Å². The smallest absolute Gasteiger partial charge is 0.123 e. The lowest BCUT2D eigenvalue weighted by Crippen LogP contribution is -2.25. The molecule has 1 atom stereocenters. The Morgan fingerprint density at radius 1 is 1.11 bits per heavy atom. The van der Waals surface area contributed by atoms with Crippen LogP contribution in [-0.2, 0) is 5.41 Å². The highest BCUT2D eigenvalue weighted by Crippen LogP contribution is 2.24. The first-order chi connectivity index (χ1) is 8.38. The molecule has 0 spiro atoms. The highest BCUT2D eigenvalue weighted by Gasteiger charge is 2.19. The van der Waals surface area contributed by atoms with Crippen LogP contribution >= 0.6 is 0 Å². The van der Waals surface area contributed by atoms with E-state index in [4.69, 9.17) is 5.73 Å². The Morgan fingerprint density at radius 2 is 1.72 bits per heavy atom. The Bertz CT molecular complexity index is 489. The van der Waals surface area contributed by atoms with Crippen molar-refractivity contribution in [2.75, 3.05) is 0 Å². The van der Waals surface area contributed by atoms with Crippen LogP contribution in [0.25, 0.3) is 0 Å². The van der Waals surface area contributed by atoms with Crippen molar-refractivity contribution in [3.8, 4) is 0 Å². The second kappa shape index (κ2) is 4.56. The van der Waals surface area contributed by atoms with Crippen LogP contribution in [0.5, 0.6) is 0 Å². The van der Waals surface area contributed by atoms with Crippen molar-refractivity contribution in [3.63, 3.8) is 0 Å². The lowest BCUT2D eigenvalue weighted by molar-refractivity contribution is 0.590. The molecule has 0 aliphatic carbocycles. The summed E-state index contributed by atoms with van der Waals surface area (Å²) in [5.74, 6) is 0.959. The van der Waals surface area contributed by atoms with Crippen LogP contribution in [0.2, 0.25) is 0 Å². The SMILES string of the molecule is CC1CC(N)=NN=C1c1ccc(C(C)(C)C)cc1. The first-order valence-corrected chi connectivity index (χ1v) is 6.39. The van der Waals surface area contributed by atoms with Crippen molar-refractivity contribution in [3.05, 3.63) is 35.4 Å². The lowest BCUT2D eigenvalue weighted by Gasteiger charge is -2.21. The van der Waals surface area contributed by atoms with Gasteiger partial charge >= 0.3 is 0 Å². The fourth-order valence-corrected chi connectivity index (χ4v) is 2.15. The van der Waals surface area contributed by atoms with E-state index in [1.54, 1.807) is 0 Å². The van der Waals surface area contributed by atoms with Crippen LogP contribution < -0.4 is 5.73 Å². The summed E-state index contributed by atoms with van der Waals surface area (Å²) in [6.07, 6.45) is 0.792. The molecule has 0 saturated carbocycles. The summed E-state index contributed by atoms with van der Waals surface area (Å²) < 4.78 is 0. The van der Waals surface area contributed by atoms with Gasteiger partial charge < -0.3 is 5.73 Å². The van der Waals surface area contributed by atoms with Gasteiger partial charge in [-0.15, -0.1) is 5.10 Å². The molecule has 0 aromatic heterocycles. The Labute approximate surface area is 109 Å². The molecule has 3 nitrogen and oxygen atoms in total. The number of rotatable bonds is 1. The van der Waals surface area contributed by atoms with Crippen molar-refractivity contribution in [2.45, 2.75) is 39.5 Å². The van der Waals surface area contributed by atoms with Crippen LogP contribution in [0, 0.1) is 5.92 Å². The van der Waals surface area contributed by atoms with Crippen molar-refractivity contribution in [1.29, 1.82) is 0 Å². The van der Waals surface area contributed by atoms with Gasteiger partial charge in [0.05, 0.1) is 5.71 Å². The Balaban J connectivity index is 2.31. The number of amidine groups is 1. The molecule has 0 saturated heterocycles. The summed E-state index contributed by atoms with van der Waals surface area (Å²) in [6, 6.07) is 8.61. The Kier molecular flexibility index (Phi) is 3.24. The van der Waals surface area contributed by atoms with E-state index in [9.17, 15) is 0 Å². The maximum Gasteiger partial charge on any atom is 0.123 e. The van der Waals surface area contributed by atoms with Crippen LogP contribution in [-0.4, -0.2) is 11.5 Å². The molecule has 1 unspecified atom stereocenters. The summed E-state index contributed by atoms with van der Waals surface area (Å²) in [6.45, 7) is 8.79. The number of nitrogens with two attached hydrogens (primary N) is 1. The zero-order chi connectivity index (χ0) is 13.3. The molecule has 0 bridgehead atoms. The fraction of sp³-hybridized carbons (Fsp3) is 0.467. The van der Waals surface area contributed by atoms with E-state index >= 15 is 0 Å². The molecule has 96 valence electrons. The third-order valence-electron chi connectivity index (χ3n) is 3.31. The van der Waals surface area contributed by atoms with Crippen molar-refractivity contribution < 1.29 is 0 Å². The predicted molar refractivity (Wildman–Crippen MR) is 77.1 cm³/mol. The molecular weight excluding hydrogens is 222 g/mol. The fourth-order valence-electron chi connectivity index (χ4n) is 2.15. The minimum atomic E-state index is 0.182. The largest absolute Gasteiger partial charge is 0.386 e. The quantitative estimate of drug-likeness (QED) is 0.809. The van der Waals surface area contributed by atoms with E-state index in [-0.39, 0.29) is 5.41 Å². The highest BCUT2D eigenvalue weighted by molar-refractivity contribution is 6.05. The standard InChI is InChI=1S/C15H21N3/c1-10-9-13(16)17-18-14(10)11-5-7-12(8-6-11)15(2,3)4/h5-8,10H,9H2,1-4H3,(H2,16,17). The summed E-state index contributed by atoms with van der Waals surface area (Å²) in [5.41, 5.74) is 9.38. The second-order valence-electron chi connectivity index (χ2n) is 6.01. The van der Waals surface area contributed by atoms with Crippen molar-refractivity contribution >= 4 is 11.5 Å². The molecular formula is C15H21N3. The molecule has 0 fully saturated rings.